The summed E-state index contributed by atoms with van der Waals surface area (Å²) >= 11 is 3.58. The number of halogens is 1. The van der Waals surface area contributed by atoms with Gasteiger partial charge in [0, 0.05) is 12.6 Å². The molecule has 1 aromatic rings. The summed E-state index contributed by atoms with van der Waals surface area (Å²) in [5, 5.41) is 0. The largest absolute Gasteiger partial charge is 0.491 e. The van der Waals surface area contributed by atoms with Crippen molar-refractivity contribution in [1.82, 2.24) is 4.90 Å². The molecule has 0 saturated heterocycles. The molecule has 1 rings (SSSR count). The van der Waals surface area contributed by atoms with Crippen LogP contribution in [0.3, 0.4) is 0 Å². The van der Waals surface area contributed by atoms with Gasteiger partial charge in [-0.2, -0.15) is 0 Å². The van der Waals surface area contributed by atoms with Crippen molar-refractivity contribution in [1.29, 1.82) is 0 Å². The number of likely N-dealkylation sites (N-methyl/N-ethyl adjacent to an activating group) is 1. The van der Waals surface area contributed by atoms with Gasteiger partial charge in [0.25, 0.3) is 0 Å². The molecule has 0 aliphatic carbocycles. The highest BCUT2D eigenvalue weighted by Crippen LogP contribution is 2.26. The first kappa shape index (κ1) is 17.5. The fraction of sp³-hybridized carbons (Fsp3) is 0.625. The highest BCUT2D eigenvalue weighted by molar-refractivity contribution is 9.10. The summed E-state index contributed by atoms with van der Waals surface area (Å²) in [5.74, 6) is 0.908. The van der Waals surface area contributed by atoms with Crippen molar-refractivity contribution in [3.63, 3.8) is 0 Å². The van der Waals surface area contributed by atoms with E-state index < -0.39 is 0 Å². The molecule has 114 valence electrons. The van der Waals surface area contributed by atoms with Crippen molar-refractivity contribution >= 4 is 15.9 Å². The molecule has 2 N–H and O–H groups in total. The average Bonchev–Trinajstić information content (AvgIpc) is 2.45. The molecule has 0 saturated carbocycles. The molecule has 0 aliphatic heterocycles. The van der Waals surface area contributed by atoms with Gasteiger partial charge in [-0.25, -0.2) is 0 Å². The fourth-order valence-electron chi connectivity index (χ4n) is 2.06. The van der Waals surface area contributed by atoms with Crippen LogP contribution in [0.15, 0.2) is 22.7 Å². The number of nitrogens with two attached hydrogens (primary N) is 1. The van der Waals surface area contributed by atoms with Crippen molar-refractivity contribution < 1.29 is 4.74 Å². The zero-order valence-electron chi connectivity index (χ0n) is 12.9. The SMILES string of the molecule is CCC(N)Cc1ccc(OCCN(CC)CC)c(Br)c1. The minimum absolute atomic E-state index is 0.233. The fourth-order valence-corrected chi connectivity index (χ4v) is 2.60. The maximum absolute atomic E-state index is 5.99. The van der Waals surface area contributed by atoms with Crippen LogP contribution in [0.1, 0.15) is 32.8 Å². The van der Waals surface area contributed by atoms with Gasteiger partial charge in [-0.05, 0) is 59.6 Å². The van der Waals surface area contributed by atoms with Gasteiger partial charge in [0.1, 0.15) is 12.4 Å². The van der Waals surface area contributed by atoms with E-state index in [4.69, 9.17) is 10.5 Å². The van der Waals surface area contributed by atoms with Crippen LogP contribution in [0.5, 0.6) is 5.75 Å². The minimum Gasteiger partial charge on any atom is -0.491 e. The molecular formula is C16H27BrN2O. The second-order valence-corrected chi connectivity index (χ2v) is 5.87. The van der Waals surface area contributed by atoms with Gasteiger partial charge < -0.3 is 15.4 Å². The van der Waals surface area contributed by atoms with Gasteiger partial charge >= 0.3 is 0 Å². The summed E-state index contributed by atoms with van der Waals surface area (Å²) in [5.41, 5.74) is 7.24. The van der Waals surface area contributed by atoms with Gasteiger partial charge in [0.2, 0.25) is 0 Å². The zero-order chi connectivity index (χ0) is 15.0. The van der Waals surface area contributed by atoms with Crippen molar-refractivity contribution in [3.8, 4) is 5.75 Å². The Morgan fingerprint density at radius 1 is 1.25 bits per heavy atom. The molecule has 1 unspecified atom stereocenters. The minimum atomic E-state index is 0.233. The van der Waals surface area contributed by atoms with E-state index in [-0.39, 0.29) is 6.04 Å². The number of nitrogens with zero attached hydrogens (tertiary/aromatic N) is 1. The molecule has 0 aliphatic rings. The van der Waals surface area contributed by atoms with Crippen LogP contribution < -0.4 is 10.5 Å². The van der Waals surface area contributed by atoms with E-state index in [9.17, 15) is 0 Å². The quantitative estimate of drug-likeness (QED) is 0.746. The van der Waals surface area contributed by atoms with E-state index in [1.165, 1.54) is 5.56 Å². The third-order valence-corrected chi connectivity index (χ3v) is 4.20. The van der Waals surface area contributed by atoms with Gasteiger partial charge in [-0.1, -0.05) is 26.8 Å². The topological polar surface area (TPSA) is 38.5 Å². The maximum atomic E-state index is 5.99. The highest BCUT2D eigenvalue weighted by Gasteiger charge is 2.06. The first-order chi connectivity index (χ1) is 9.60. The van der Waals surface area contributed by atoms with E-state index in [1.807, 2.05) is 6.07 Å². The molecule has 0 radical (unpaired) electrons. The second kappa shape index (κ2) is 9.37. The smallest absolute Gasteiger partial charge is 0.133 e. The number of hydrogen-bond donors (Lipinski definition) is 1. The van der Waals surface area contributed by atoms with Gasteiger partial charge in [-0.15, -0.1) is 0 Å². The van der Waals surface area contributed by atoms with Crippen molar-refractivity contribution in [2.24, 2.45) is 5.73 Å². The molecule has 4 heteroatoms. The van der Waals surface area contributed by atoms with Crippen LogP contribution in [0.2, 0.25) is 0 Å². The Kier molecular flexibility index (Phi) is 8.19. The Morgan fingerprint density at radius 3 is 2.50 bits per heavy atom. The van der Waals surface area contributed by atoms with Crippen molar-refractivity contribution in [2.75, 3.05) is 26.2 Å². The normalized spacial score (nSPS) is 12.7. The molecule has 1 aromatic carbocycles. The first-order valence-corrected chi connectivity index (χ1v) is 8.29. The van der Waals surface area contributed by atoms with Gasteiger partial charge in [0.05, 0.1) is 4.47 Å². The Morgan fingerprint density at radius 2 is 1.95 bits per heavy atom. The Balaban J connectivity index is 2.51. The summed E-state index contributed by atoms with van der Waals surface area (Å²) in [6.45, 7) is 10.3. The van der Waals surface area contributed by atoms with E-state index >= 15 is 0 Å². The second-order valence-electron chi connectivity index (χ2n) is 5.01. The summed E-state index contributed by atoms with van der Waals surface area (Å²) < 4.78 is 6.85. The maximum Gasteiger partial charge on any atom is 0.133 e. The molecule has 0 amide bonds. The lowest BCUT2D eigenvalue weighted by Gasteiger charge is -2.18. The van der Waals surface area contributed by atoms with Gasteiger partial charge in [0.15, 0.2) is 0 Å². The molecule has 1 atom stereocenters. The molecule has 0 aromatic heterocycles. The molecular weight excluding hydrogens is 316 g/mol. The summed E-state index contributed by atoms with van der Waals surface area (Å²) in [7, 11) is 0. The van der Waals surface area contributed by atoms with E-state index in [2.05, 4.69) is 53.7 Å². The molecule has 0 spiro atoms. The first-order valence-electron chi connectivity index (χ1n) is 7.49. The average molecular weight is 343 g/mol. The number of benzene rings is 1. The summed E-state index contributed by atoms with van der Waals surface area (Å²) in [4.78, 5) is 2.35. The monoisotopic (exact) mass is 342 g/mol. The molecule has 3 nitrogen and oxygen atoms in total. The Labute approximate surface area is 131 Å². The lowest BCUT2D eigenvalue weighted by Crippen LogP contribution is -2.27. The Hall–Kier alpha value is -0.580. The third kappa shape index (κ3) is 5.81. The number of ether oxygens (including phenoxy) is 1. The summed E-state index contributed by atoms with van der Waals surface area (Å²) in [6, 6.07) is 6.48. The third-order valence-electron chi connectivity index (χ3n) is 3.58. The van der Waals surface area contributed by atoms with Crippen LogP contribution in [0, 0.1) is 0 Å². The predicted molar refractivity (Wildman–Crippen MR) is 89.4 cm³/mol. The predicted octanol–water partition coefficient (Wildman–Crippen LogP) is 3.45. The van der Waals surface area contributed by atoms with Gasteiger partial charge in [-0.3, -0.25) is 0 Å². The van der Waals surface area contributed by atoms with Crippen LogP contribution >= 0.6 is 15.9 Å². The molecule has 0 bridgehead atoms. The lowest BCUT2D eigenvalue weighted by molar-refractivity contribution is 0.222. The summed E-state index contributed by atoms with van der Waals surface area (Å²) in [6.07, 6.45) is 1.91. The van der Waals surface area contributed by atoms with Crippen LogP contribution in [-0.4, -0.2) is 37.2 Å². The molecule has 0 fully saturated rings. The zero-order valence-corrected chi connectivity index (χ0v) is 14.4. The van der Waals surface area contributed by atoms with E-state index in [0.717, 1.165) is 42.7 Å². The van der Waals surface area contributed by atoms with Crippen LogP contribution in [0.25, 0.3) is 0 Å². The van der Waals surface area contributed by atoms with Crippen LogP contribution in [0.4, 0.5) is 0 Å². The highest BCUT2D eigenvalue weighted by atomic mass is 79.9. The molecule has 20 heavy (non-hydrogen) atoms. The van der Waals surface area contributed by atoms with Crippen molar-refractivity contribution in [3.05, 3.63) is 28.2 Å². The number of rotatable bonds is 9. The Bertz CT molecular complexity index is 394. The standard InChI is InChI=1S/C16H27BrN2O/c1-4-14(18)11-13-7-8-16(15(17)12-13)20-10-9-19(5-2)6-3/h7-8,12,14H,4-6,9-11,18H2,1-3H3. The number of hydrogen-bond acceptors (Lipinski definition) is 3. The van der Waals surface area contributed by atoms with Crippen LogP contribution in [-0.2, 0) is 6.42 Å². The van der Waals surface area contributed by atoms with Crippen molar-refractivity contribution in [2.45, 2.75) is 39.7 Å². The molecule has 0 heterocycles. The van der Waals surface area contributed by atoms with E-state index in [1.54, 1.807) is 0 Å². The lowest BCUT2D eigenvalue weighted by atomic mass is 10.0. The van der Waals surface area contributed by atoms with E-state index in [0.29, 0.717) is 6.61 Å².